The number of halogens is 1. The number of aldehydes is 1. The van der Waals surface area contributed by atoms with Gasteiger partial charge >= 0.3 is 0 Å². The summed E-state index contributed by atoms with van der Waals surface area (Å²) in [5.41, 5.74) is 0. The van der Waals surface area contributed by atoms with Crippen LogP contribution in [0.25, 0.3) is 0 Å². The Bertz CT molecular complexity index is 28.0. The minimum Gasteiger partial charge on any atom is -0.397 e. The molecule has 2 nitrogen and oxygen atoms in total. The van der Waals surface area contributed by atoms with Crippen molar-refractivity contribution in [3.05, 3.63) is 6.92 Å². The van der Waals surface area contributed by atoms with E-state index in [0.717, 1.165) is 0 Å². The molecule has 0 aromatic carbocycles. The third-order valence-corrected chi connectivity index (χ3v) is 0. The van der Waals surface area contributed by atoms with Crippen LogP contribution in [0.1, 0.15) is 6.92 Å². The van der Waals surface area contributed by atoms with E-state index < -0.39 is 0 Å². The van der Waals surface area contributed by atoms with E-state index in [-0.39, 0.29) is 38.5 Å². The Kier molecular flexibility index (Phi) is 155. The Balaban J connectivity index is -0.0000000160. The van der Waals surface area contributed by atoms with Gasteiger partial charge in [-0.2, -0.15) is 0 Å². The van der Waals surface area contributed by atoms with Crippen LogP contribution in [0.15, 0.2) is 0 Å². The normalized spacial score (nSPS) is 3.75. The summed E-state index contributed by atoms with van der Waals surface area (Å²) in [6.45, 7) is 4.74. The van der Waals surface area contributed by atoms with Gasteiger partial charge in [0.15, 0.2) is 0 Å². The van der Waals surface area contributed by atoms with E-state index in [1.807, 2.05) is 0 Å². The molecule has 0 fully saturated rings. The summed E-state index contributed by atoms with van der Waals surface area (Å²) in [5, 5.41) is 7.57. The predicted molar refractivity (Wildman–Crippen MR) is 31.4 cm³/mol. The van der Waals surface area contributed by atoms with Gasteiger partial charge in [-0.3, -0.25) is 0 Å². The molecule has 48 valence electrons. The van der Waals surface area contributed by atoms with E-state index in [0.29, 0.717) is 6.29 Å². The summed E-state index contributed by atoms with van der Waals surface area (Å²) >= 11 is 0. The molecule has 0 amide bonds. The average molecular weight is 191 g/mol. The fourth-order valence-electron chi connectivity index (χ4n) is 0. The second-order valence-electron chi connectivity index (χ2n) is 0.483. The zero-order chi connectivity index (χ0) is 5.41. The summed E-state index contributed by atoms with van der Waals surface area (Å²) in [6.07, 6.45) is 0.500. The number of carbonyl (C=O) groups is 1. The molecule has 0 aromatic heterocycles. The Labute approximate surface area is 68.8 Å². The number of aliphatic hydroxyl groups excluding tert-OH is 1. The minimum absolute atomic E-state index is 0. The first-order valence-corrected chi connectivity index (χ1v) is 1.67. The maximum Gasteiger partial charge on any atom is 0.0402 e. The molecule has 0 rings (SSSR count). The van der Waals surface area contributed by atoms with Gasteiger partial charge in [0, 0.05) is 26.1 Å². The number of rotatable bonds is 0. The van der Waals surface area contributed by atoms with Gasteiger partial charge in [0.25, 0.3) is 0 Å². The molecule has 0 aliphatic heterocycles. The molecule has 0 aromatic rings. The molecule has 0 aliphatic carbocycles. The third-order valence-electron chi connectivity index (χ3n) is 0. The molecule has 0 radical (unpaired) electrons. The van der Waals surface area contributed by atoms with Gasteiger partial charge in [0.1, 0.15) is 0 Å². The van der Waals surface area contributed by atoms with Crippen molar-refractivity contribution < 1.29 is 29.4 Å². The molecule has 0 unspecified atom stereocenters. The molecule has 8 heavy (non-hydrogen) atoms. The van der Waals surface area contributed by atoms with E-state index in [9.17, 15) is 0 Å². The molecule has 0 spiro atoms. The van der Waals surface area contributed by atoms with Crippen LogP contribution in [-0.2, 0) is 24.3 Å². The minimum atomic E-state index is 0. The van der Waals surface area contributed by atoms with Crippen molar-refractivity contribution >= 4 is 18.7 Å². The third kappa shape index (κ3) is 1100. The fourth-order valence-corrected chi connectivity index (χ4v) is 0. The second-order valence-corrected chi connectivity index (χ2v) is 0.483. The summed E-state index contributed by atoms with van der Waals surface area (Å²) in [6, 6.07) is 0. The van der Waals surface area contributed by atoms with Gasteiger partial charge in [0.2, 0.25) is 0 Å². The number of carbonyl (C=O) groups excluding carboxylic acids is 1. The van der Waals surface area contributed by atoms with Crippen LogP contribution >= 0.6 is 12.4 Å². The Morgan fingerprint density at radius 1 is 1.75 bits per heavy atom. The Morgan fingerprint density at radius 2 is 1.75 bits per heavy atom. The van der Waals surface area contributed by atoms with Crippen molar-refractivity contribution in [1.82, 2.24) is 0 Å². The van der Waals surface area contributed by atoms with Crippen LogP contribution in [0.3, 0.4) is 0 Å². The first-order valence-electron chi connectivity index (χ1n) is 1.67. The maximum absolute atomic E-state index is 8.69. The van der Waals surface area contributed by atoms with Crippen molar-refractivity contribution in [3.8, 4) is 0 Å². The predicted octanol–water partition coefficient (Wildman–Crippen LogP) is 0.437. The van der Waals surface area contributed by atoms with Crippen molar-refractivity contribution in [1.29, 1.82) is 0 Å². The largest absolute Gasteiger partial charge is 0.397 e. The smallest absolute Gasteiger partial charge is 0.0402 e. The number of hydrogen-bond donors (Lipinski definition) is 1. The molecule has 0 atom stereocenters. The van der Waals surface area contributed by atoms with Crippen LogP contribution in [0.2, 0.25) is 0 Å². The standard InChI is InChI=1S/C2H6O.C2H3O.ClH.Zn/c2*1-2-3;;/h3H,2H2,1H3;2H,1H2;1H;/q;-1;;. The summed E-state index contributed by atoms with van der Waals surface area (Å²) in [5.74, 6) is 0. The van der Waals surface area contributed by atoms with E-state index in [4.69, 9.17) is 9.90 Å². The zero-order valence-corrected chi connectivity index (χ0v) is 8.75. The number of hydrogen-bond acceptors (Lipinski definition) is 2. The molecule has 0 saturated heterocycles. The quantitative estimate of drug-likeness (QED) is 0.342. The van der Waals surface area contributed by atoms with Gasteiger partial charge in [0.05, 0.1) is 0 Å². The summed E-state index contributed by atoms with van der Waals surface area (Å²) in [4.78, 5) is 8.69. The van der Waals surface area contributed by atoms with E-state index in [2.05, 4.69) is 6.92 Å². The summed E-state index contributed by atoms with van der Waals surface area (Å²) < 4.78 is 0. The molecule has 1 N–H and O–H groups in total. The van der Waals surface area contributed by atoms with E-state index >= 15 is 0 Å². The SMILES string of the molecule is CCO.Cl.[CH2-]C=O.[Zn]. The van der Waals surface area contributed by atoms with Gasteiger partial charge < -0.3 is 16.8 Å². The van der Waals surface area contributed by atoms with Crippen LogP contribution in [-0.4, -0.2) is 18.0 Å². The summed E-state index contributed by atoms with van der Waals surface area (Å²) in [7, 11) is 0. The molecule has 0 saturated carbocycles. The first kappa shape index (κ1) is 23.7. The molecule has 0 aliphatic rings. The van der Waals surface area contributed by atoms with E-state index in [1.165, 1.54) is 0 Å². The molecule has 0 bridgehead atoms. The first-order chi connectivity index (χ1) is 2.83. The van der Waals surface area contributed by atoms with Crippen molar-refractivity contribution in [2.24, 2.45) is 0 Å². The van der Waals surface area contributed by atoms with E-state index in [1.54, 1.807) is 6.92 Å². The van der Waals surface area contributed by atoms with Gasteiger partial charge in [-0.05, 0) is 13.2 Å². The van der Waals surface area contributed by atoms with Crippen molar-refractivity contribution in [3.63, 3.8) is 0 Å². The van der Waals surface area contributed by atoms with Crippen LogP contribution < -0.4 is 0 Å². The van der Waals surface area contributed by atoms with Crippen LogP contribution in [0.4, 0.5) is 0 Å². The molecule has 4 heteroatoms. The molecular formula is C4H10ClO2Zn-. The zero-order valence-electron chi connectivity index (χ0n) is 4.96. The Hall–Kier alpha value is 0.413. The molecule has 0 heterocycles. The van der Waals surface area contributed by atoms with Gasteiger partial charge in [-0.15, -0.1) is 12.4 Å². The molecular weight excluding hydrogens is 181 g/mol. The average Bonchev–Trinajstić information content (AvgIpc) is 1.39. The number of aliphatic hydroxyl groups is 1. The van der Waals surface area contributed by atoms with Gasteiger partial charge in [-0.1, -0.05) is 0 Å². The maximum atomic E-state index is 8.69. The monoisotopic (exact) mass is 189 g/mol. The Morgan fingerprint density at radius 3 is 1.75 bits per heavy atom. The topological polar surface area (TPSA) is 37.3 Å². The fraction of sp³-hybridized carbons (Fsp3) is 0.500. The van der Waals surface area contributed by atoms with Gasteiger partial charge in [-0.25, -0.2) is 0 Å². The van der Waals surface area contributed by atoms with Crippen LogP contribution in [0.5, 0.6) is 0 Å². The van der Waals surface area contributed by atoms with Crippen molar-refractivity contribution in [2.45, 2.75) is 6.92 Å². The van der Waals surface area contributed by atoms with Crippen molar-refractivity contribution in [2.75, 3.05) is 6.61 Å². The second kappa shape index (κ2) is 52.4. The van der Waals surface area contributed by atoms with Crippen LogP contribution in [0, 0.1) is 6.92 Å².